The van der Waals surface area contributed by atoms with E-state index in [1.54, 1.807) is 16.9 Å². The number of hydrogen-bond donors (Lipinski definition) is 0. The first-order valence-electron chi connectivity index (χ1n) is 18.5. The van der Waals surface area contributed by atoms with Gasteiger partial charge in [0.15, 0.2) is 11.6 Å². The molecular weight excluding hydrogens is 682 g/mol. The molecule has 2 aliphatic rings. The van der Waals surface area contributed by atoms with Crippen molar-refractivity contribution in [1.29, 1.82) is 0 Å². The molecule has 0 spiro atoms. The number of likely N-dealkylation sites (tertiary alicyclic amines) is 1. The van der Waals surface area contributed by atoms with Gasteiger partial charge in [-0.2, -0.15) is 0 Å². The van der Waals surface area contributed by atoms with Crippen LogP contribution in [0.4, 0.5) is 18.4 Å². The zero-order chi connectivity index (χ0) is 38.3. The zero-order valence-electron chi connectivity index (χ0n) is 32.0. The summed E-state index contributed by atoms with van der Waals surface area (Å²) in [6.07, 6.45) is 1.97. The second-order valence-corrected chi connectivity index (χ2v) is 15.9. The second-order valence-electron chi connectivity index (χ2n) is 15.9. The standard InChI is InChI=1S/C42H54F2N2O7/c1-41(2,3)52-39(47)45-22-21-36(46(40(48)53-42(4,5)6)25-28-13-17-32(49-7)18-14-28)37(45)27-50-33-19-15-30(16-20-33)34-23-31(43)24-35(44)38(34)51-26-29-11-9-8-10-12-29/h8-14,17-18,23-24,30,33,36-37H,15-16,19-22,25-27H2,1-7H3/t30-,33+,36-,37-/m0/s1. The van der Waals surface area contributed by atoms with E-state index in [2.05, 4.69) is 0 Å². The van der Waals surface area contributed by atoms with Crippen molar-refractivity contribution in [3.8, 4) is 11.5 Å². The average molecular weight is 737 g/mol. The summed E-state index contributed by atoms with van der Waals surface area (Å²) >= 11 is 0. The van der Waals surface area contributed by atoms with Gasteiger partial charge in [0.25, 0.3) is 0 Å². The molecule has 0 aromatic heterocycles. The Kier molecular flexibility index (Phi) is 12.9. The fraction of sp³-hybridized carbons (Fsp3) is 0.524. The van der Waals surface area contributed by atoms with Crippen molar-refractivity contribution in [3.05, 3.63) is 95.1 Å². The van der Waals surface area contributed by atoms with Gasteiger partial charge in [-0.1, -0.05) is 42.5 Å². The number of hydrogen-bond acceptors (Lipinski definition) is 7. The lowest BCUT2D eigenvalue weighted by Gasteiger charge is -2.38. The van der Waals surface area contributed by atoms with Crippen molar-refractivity contribution in [3.63, 3.8) is 0 Å². The summed E-state index contributed by atoms with van der Waals surface area (Å²) in [4.78, 5) is 30.8. The smallest absolute Gasteiger partial charge is 0.410 e. The molecule has 2 atom stereocenters. The minimum atomic E-state index is -0.736. The third-order valence-electron chi connectivity index (χ3n) is 9.56. The maximum Gasteiger partial charge on any atom is 0.410 e. The van der Waals surface area contributed by atoms with Crippen molar-refractivity contribution in [2.24, 2.45) is 0 Å². The van der Waals surface area contributed by atoms with Crippen LogP contribution in [0.25, 0.3) is 0 Å². The van der Waals surface area contributed by atoms with E-state index < -0.39 is 47.1 Å². The molecule has 1 heterocycles. The van der Waals surface area contributed by atoms with Gasteiger partial charge in [0, 0.05) is 24.7 Å². The zero-order valence-corrected chi connectivity index (χ0v) is 32.0. The highest BCUT2D eigenvalue weighted by atomic mass is 19.1. The molecule has 1 aliphatic carbocycles. The van der Waals surface area contributed by atoms with Crippen LogP contribution in [0, 0.1) is 11.6 Å². The van der Waals surface area contributed by atoms with E-state index in [0.29, 0.717) is 50.0 Å². The molecule has 0 unspecified atom stereocenters. The van der Waals surface area contributed by atoms with Crippen molar-refractivity contribution in [2.45, 2.75) is 122 Å². The van der Waals surface area contributed by atoms with E-state index in [-0.39, 0.29) is 37.5 Å². The van der Waals surface area contributed by atoms with Crippen molar-refractivity contribution >= 4 is 12.2 Å². The molecule has 3 aromatic rings. The van der Waals surface area contributed by atoms with Crippen LogP contribution in [0.15, 0.2) is 66.7 Å². The second kappa shape index (κ2) is 17.2. The first-order chi connectivity index (χ1) is 25.1. The highest BCUT2D eigenvalue weighted by Gasteiger charge is 2.45. The van der Waals surface area contributed by atoms with Crippen LogP contribution in [0.5, 0.6) is 11.5 Å². The molecule has 9 nitrogen and oxygen atoms in total. The fourth-order valence-electron chi connectivity index (χ4n) is 7.06. The van der Waals surface area contributed by atoms with E-state index >= 15 is 4.39 Å². The van der Waals surface area contributed by atoms with E-state index in [0.717, 1.165) is 17.2 Å². The molecule has 1 aliphatic heterocycles. The predicted octanol–water partition coefficient (Wildman–Crippen LogP) is 9.41. The van der Waals surface area contributed by atoms with Crippen LogP contribution in [0.1, 0.15) is 96.3 Å². The average Bonchev–Trinajstić information content (AvgIpc) is 3.52. The Bertz CT molecular complexity index is 1670. The van der Waals surface area contributed by atoms with Crippen LogP contribution in [0.3, 0.4) is 0 Å². The lowest BCUT2D eigenvalue weighted by molar-refractivity contribution is -0.0333. The Morgan fingerprint density at radius 2 is 1.49 bits per heavy atom. The first kappa shape index (κ1) is 39.8. The Hall–Kier alpha value is -4.38. The Morgan fingerprint density at radius 1 is 0.830 bits per heavy atom. The molecule has 2 amide bonds. The van der Waals surface area contributed by atoms with Gasteiger partial charge in [0.05, 0.1) is 31.9 Å². The Labute approximate surface area is 312 Å². The SMILES string of the molecule is COc1ccc(CN(C(=O)OC(C)(C)C)[C@H]2CCN(C(=O)OC(C)(C)C)[C@H]2CO[C@H]2CC[C@@H](c3cc(F)cc(F)c3OCc3ccccc3)CC2)cc1. The highest BCUT2D eigenvalue weighted by Crippen LogP contribution is 2.41. The number of carbonyl (C=O) groups excluding carboxylic acids is 2. The molecule has 1 saturated carbocycles. The van der Waals surface area contributed by atoms with Gasteiger partial charge in [0.1, 0.15) is 29.4 Å². The summed E-state index contributed by atoms with van der Waals surface area (Å²) < 4.78 is 59.1. The van der Waals surface area contributed by atoms with Crippen LogP contribution in [0.2, 0.25) is 0 Å². The van der Waals surface area contributed by atoms with Crippen molar-refractivity contribution < 1.29 is 42.1 Å². The minimum absolute atomic E-state index is 0.0838. The van der Waals surface area contributed by atoms with Gasteiger partial charge in [0.2, 0.25) is 0 Å². The van der Waals surface area contributed by atoms with Crippen molar-refractivity contribution in [1.82, 2.24) is 9.80 Å². The maximum absolute atomic E-state index is 15.1. The molecule has 0 N–H and O–H groups in total. The highest BCUT2D eigenvalue weighted by molar-refractivity contribution is 5.71. The molecule has 288 valence electrons. The van der Waals surface area contributed by atoms with E-state index in [1.165, 1.54) is 6.07 Å². The molecule has 11 heteroatoms. The van der Waals surface area contributed by atoms with Gasteiger partial charge >= 0.3 is 12.2 Å². The van der Waals surface area contributed by atoms with E-state index in [4.69, 9.17) is 23.7 Å². The minimum Gasteiger partial charge on any atom is -0.497 e. The van der Waals surface area contributed by atoms with Gasteiger partial charge < -0.3 is 28.6 Å². The number of methoxy groups -OCH3 is 1. The van der Waals surface area contributed by atoms with Gasteiger partial charge in [-0.05, 0) is 109 Å². The van der Waals surface area contributed by atoms with Gasteiger partial charge in [-0.15, -0.1) is 0 Å². The van der Waals surface area contributed by atoms with Crippen molar-refractivity contribution in [2.75, 3.05) is 20.3 Å². The Morgan fingerprint density at radius 3 is 2.11 bits per heavy atom. The number of nitrogens with zero attached hydrogens (tertiary/aromatic N) is 2. The summed E-state index contributed by atoms with van der Waals surface area (Å²) in [5, 5.41) is 0. The molecular formula is C42H54F2N2O7. The molecule has 5 rings (SSSR count). The summed E-state index contributed by atoms with van der Waals surface area (Å²) in [5.41, 5.74) is 0.841. The van der Waals surface area contributed by atoms with Gasteiger partial charge in [-0.25, -0.2) is 18.4 Å². The molecule has 2 fully saturated rings. The number of rotatable bonds is 11. The number of carbonyl (C=O) groups is 2. The molecule has 53 heavy (non-hydrogen) atoms. The quantitative estimate of drug-likeness (QED) is 0.194. The van der Waals surface area contributed by atoms with Gasteiger partial charge in [-0.3, -0.25) is 4.90 Å². The van der Waals surface area contributed by atoms with Crippen LogP contribution in [-0.2, 0) is 27.4 Å². The largest absolute Gasteiger partial charge is 0.497 e. The van der Waals surface area contributed by atoms with E-state index in [1.807, 2.05) is 96.1 Å². The van der Waals surface area contributed by atoms with Crippen LogP contribution in [-0.4, -0.2) is 71.6 Å². The summed E-state index contributed by atoms with van der Waals surface area (Å²) in [7, 11) is 1.60. The van der Waals surface area contributed by atoms with Crippen LogP contribution < -0.4 is 9.47 Å². The monoisotopic (exact) mass is 736 g/mol. The molecule has 1 saturated heterocycles. The lowest BCUT2D eigenvalue weighted by Crippen LogP contribution is -2.53. The topological polar surface area (TPSA) is 86.8 Å². The number of benzene rings is 3. The lowest BCUT2D eigenvalue weighted by atomic mass is 9.82. The maximum atomic E-state index is 15.1. The molecule has 3 aromatic carbocycles. The Balaban J connectivity index is 1.32. The van der Waals surface area contributed by atoms with E-state index in [9.17, 15) is 14.0 Å². The third kappa shape index (κ3) is 11.1. The summed E-state index contributed by atoms with van der Waals surface area (Å²) in [6, 6.07) is 18.3. The normalized spacial score (nSPS) is 20.5. The van der Waals surface area contributed by atoms with Crippen LogP contribution >= 0.6 is 0 Å². The number of amides is 2. The predicted molar refractivity (Wildman–Crippen MR) is 198 cm³/mol. The fourth-order valence-corrected chi connectivity index (χ4v) is 7.06. The molecule has 0 bridgehead atoms. The summed E-state index contributed by atoms with van der Waals surface area (Å²) in [5.74, 6) is -0.681. The third-order valence-corrected chi connectivity index (χ3v) is 9.56. The number of ether oxygens (including phenoxy) is 5. The summed E-state index contributed by atoms with van der Waals surface area (Å²) in [6.45, 7) is 11.9. The first-order valence-corrected chi connectivity index (χ1v) is 18.5. The molecule has 0 radical (unpaired) electrons. The number of halogens is 2.